The minimum absolute atomic E-state index is 0.399. The zero-order valence-corrected chi connectivity index (χ0v) is 11.2. The van der Waals surface area contributed by atoms with Gasteiger partial charge in [0.05, 0.1) is 0 Å². The van der Waals surface area contributed by atoms with E-state index in [-0.39, 0.29) is 0 Å². The molecule has 0 saturated carbocycles. The van der Waals surface area contributed by atoms with E-state index in [4.69, 9.17) is 0 Å². The maximum Gasteiger partial charge on any atom is -0.000000746 e. The van der Waals surface area contributed by atoms with Gasteiger partial charge in [-0.2, -0.15) is 0 Å². The smallest absolute Gasteiger partial charge is 0.000000746 e. The monoisotopic (exact) mass is 199 g/mol. The van der Waals surface area contributed by atoms with Crippen LogP contribution in [-0.4, -0.2) is 13.1 Å². The van der Waals surface area contributed by atoms with Gasteiger partial charge in [0.1, 0.15) is 0 Å². The lowest BCUT2D eigenvalue weighted by Gasteiger charge is -2.32. The number of nitrogens with one attached hydrogen (secondary N) is 1. The van der Waals surface area contributed by atoms with E-state index in [0.29, 0.717) is 10.8 Å². The largest absolute Gasteiger partial charge is 0.316 e. The van der Waals surface area contributed by atoms with Crippen LogP contribution in [0.15, 0.2) is 0 Å². The Bertz CT molecular complexity index is 153. The summed E-state index contributed by atoms with van der Waals surface area (Å²) < 4.78 is 0. The molecule has 0 aromatic carbocycles. The van der Waals surface area contributed by atoms with Crippen molar-refractivity contribution < 1.29 is 0 Å². The van der Waals surface area contributed by atoms with Gasteiger partial charge in [-0.15, -0.1) is 0 Å². The van der Waals surface area contributed by atoms with E-state index < -0.39 is 0 Å². The van der Waals surface area contributed by atoms with Gasteiger partial charge >= 0.3 is 0 Å². The maximum absolute atomic E-state index is 3.57. The summed E-state index contributed by atoms with van der Waals surface area (Å²) >= 11 is 0. The second kappa shape index (κ2) is 5.16. The lowest BCUT2D eigenvalue weighted by Crippen LogP contribution is -2.35. The lowest BCUT2D eigenvalue weighted by molar-refractivity contribution is 0.208. The van der Waals surface area contributed by atoms with Crippen LogP contribution >= 0.6 is 0 Å². The Morgan fingerprint density at radius 3 is 1.93 bits per heavy atom. The van der Waals surface area contributed by atoms with Gasteiger partial charge in [0.2, 0.25) is 0 Å². The Kier molecular flexibility index (Phi) is 5.14. The SMILES string of the molecule is CCC(C)(C)[C@@H](C)CNCC(C)(C)C. The van der Waals surface area contributed by atoms with Crippen molar-refractivity contribution in [1.29, 1.82) is 0 Å². The third-order valence-corrected chi connectivity index (χ3v) is 3.35. The van der Waals surface area contributed by atoms with Crippen molar-refractivity contribution in [3.05, 3.63) is 0 Å². The summed E-state index contributed by atoms with van der Waals surface area (Å²) in [4.78, 5) is 0. The van der Waals surface area contributed by atoms with Crippen LogP contribution < -0.4 is 5.32 Å². The molecule has 0 fully saturated rings. The number of rotatable bonds is 5. The van der Waals surface area contributed by atoms with Crippen LogP contribution in [0, 0.1) is 16.7 Å². The van der Waals surface area contributed by atoms with Crippen molar-refractivity contribution in [1.82, 2.24) is 5.32 Å². The van der Waals surface area contributed by atoms with Crippen LogP contribution in [0.2, 0.25) is 0 Å². The summed E-state index contributed by atoms with van der Waals surface area (Å²) in [6, 6.07) is 0. The van der Waals surface area contributed by atoms with Gasteiger partial charge in [0.15, 0.2) is 0 Å². The fourth-order valence-corrected chi connectivity index (χ4v) is 1.29. The predicted molar refractivity (Wildman–Crippen MR) is 65.6 cm³/mol. The minimum Gasteiger partial charge on any atom is -0.316 e. The highest BCUT2D eigenvalue weighted by Gasteiger charge is 2.23. The molecule has 1 heteroatoms. The second-order valence-electron chi connectivity index (χ2n) is 6.43. The number of hydrogen-bond acceptors (Lipinski definition) is 1. The molecule has 0 aromatic heterocycles. The number of hydrogen-bond donors (Lipinski definition) is 1. The molecule has 0 amide bonds. The van der Waals surface area contributed by atoms with Crippen molar-refractivity contribution in [2.45, 2.75) is 54.9 Å². The van der Waals surface area contributed by atoms with E-state index in [1.807, 2.05) is 0 Å². The van der Waals surface area contributed by atoms with E-state index in [2.05, 4.69) is 53.8 Å². The maximum atomic E-state index is 3.57. The Morgan fingerprint density at radius 1 is 1.07 bits per heavy atom. The van der Waals surface area contributed by atoms with Gasteiger partial charge in [-0.25, -0.2) is 0 Å². The molecule has 14 heavy (non-hydrogen) atoms. The van der Waals surface area contributed by atoms with Crippen LogP contribution in [0.3, 0.4) is 0 Å². The molecule has 0 saturated heterocycles. The first-order chi connectivity index (χ1) is 6.19. The van der Waals surface area contributed by atoms with Gasteiger partial charge in [-0.05, 0) is 29.8 Å². The zero-order chi connectivity index (χ0) is 11.4. The standard InChI is InChI=1S/C13H29N/c1-8-13(6,7)11(2)9-14-10-12(3,4)5/h11,14H,8-10H2,1-7H3/t11-/m0/s1. The second-order valence-corrected chi connectivity index (χ2v) is 6.43. The van der Waals surface area contributed by atoms with E-state index in [1.165, 1.54) is 6.42 Å². The summed E-state index contributed by atoms with van der Waals surface area (Å²) in [5, 5.41) is 3.57. The first kappa shape index (κ1) is 14.0. The van der Waals surface area contributed by atoms with Crippen LogP contribution in [0.25, 0.3) is 0 Å². The molecular formula is C13H29N. The zero-order valence-electron chi connectivity index (χ0n) is 11.2. The van der Waals surface area contributed by atoms with Gasteiger partial charge in [-0.3, -0.25) is 0 Å². The highest BCUT2D eigenvalue weighted by atomic mass is 14.9. The molecule has 0 bridgehead atoms. The van der Waals surface area contributed by atoms with Crippen LogP contribution in [-0.2, 0) is 0 Å². The summed E-state index contributed by atoms with van der Waals surface area (Å²) in [5.74, 6) is 0.745. The van der Waals surface area contributed by atoms with E-state index in [1.54, 1.807) is 0 Å². The van der Waals surface area contributed by atoms with Gasteiger partial charge in [0, 0.05) is 0 Å². The van der Waals surface area contributed by atoms with Crippen molar-refractivity contribution in [3.63, 3.8) is 0 Å². The summed E-state index contributed by atoms with van der Waals surface area (Å²) in [7, 11) is 0. The molecule has 1 nitrogen and oxygen atoms in total. The van der Waals surface area contributed by atoms with Crippen molar-refractivity contribution in [2.75, 3.05) is 13.1 Å². The molecule has 0 aliphatic heterocycles. The average molecular weight is 199 g/mol. The Hall–Kier alpha value is -0.0400. The quantitative estimate of drug-likeness (QED) is 0.712. The van der Waals surface area contributed by atoms with Crippen molar-refractivity contribution in [3.8, 4) is 0 Å². The van der Waals surface area contributed by atoms with Crippen LogP contribution in [0.1, 0.15) is 54.9 Å². The Morgan fingerprint density at radius 2 is 1.57 bits per heavy atom. The third-order valence-electron chi connectivity index (χ3n) is 3.35. The minimum atomic E-state index is 0.399. The van der Waals surface area contributed by atoms with Crippen molar-refractivity contribution in [2.24, 2.45) is 16.7 Å². The van der Waals surface area contributed by atoms with E-state index in [0.717, 1.165) is 19.0 Å². The first-order valence-electron chi connectivity index (χ1n) is 5.90. The fraction of sp³-hybridized carbons (Fsp3) is 1.00. The molecule has 1 N–H and O–H groups in total. The highest BCUT2D eigenvalue weighted by molar-refractivity contribution is 4.76. The Labute approximate surface area is 90.7 Å². The lowest BCUT2D eigenvalue weighted by atomic mass is 9.77. The topological polar surface area (TPSA) is 12.0 Å². The predicted octanol–water partition coefficient (Wildman–Crippen LogP) is 3.69. The van der Waals surface area contributed by atoms with E-state index >= 15 is 0 Å². The molecule has 0 unspecified atom stereocenters. The molecule has 1 atom stereocenters. The van der Waals surface area contributed by atoms with Gasteiger partial charge < -0.3 is 5.32 Å². The molecular weight excluding hydrogens is 170 g/mol. The van der Waals surface area contributed by atoms with Crippen LogP contribution in [0.4, 0.5) is 0 Å². The highest BCUT2D eigenvalue weighted by Crippen LogP contribution is 2.29. The van der Waals surface area contributed by atoms with Crippen LogP contribution in [0.5, 0.6) is 0 Å². The molecule has 0 radical (unpaired) electrons. The molecule has 0 aliphatic carbocycles. The van der Waals surface area contributed by atoms with Gasteiger partial charge in [0.25, 0.3) is 0 Å². The molecule has 0 spiro atoms. The molecule has 86 valence electrons. The average Bonchev–Trinajstić information content (AvgIpc) is 2.02. The Balaban J connectivity index is 3.80. The molecule has 0 aromatic rings. The third kappa shape index (κ3) is 5.64. The fourth-order valence-electron chi connectivity index (χ4n) is 1.29. The van der Waals surface area contributed by atoms with E-state index in [9.17, 15) is 0 Å². The summed E-state index contributed by atoms with van der Waals surface area (Å²) in [6.45, 7) is 18.4. The molecule has 0 aliphatic rings. The summed E-state index contributed by atoms with van der Waals surface area (Å²) in [6.07, 6.45) is 1.26. The molecule has 0 rings (SSSR count). The summed E-state index contributed by atoms with van der Waals surface area (Å²) in [5.41, 5.74) is 0.862. The van der Waals surface area contributed by atoms with Crippen molar-refractivity contribution >= 4 is 0 Å². The molecule has 0 heterocycles. The van der Waals surface area contributed by atoms with Gasteiger partial charge in [-0.1, -0.05) is 54.9 Å². The normalized spacial score (nSPS) is 15.6. The first-order valence-corrected chi connectivity index (χ1v) is 5.90.